The van der Waals surface area contributed by atoms with Gasteiger partial charge in [-0.1, -0.05) is 0 Å². The third-order valence-electron chi connectivity index (χ3n) is 2.17. The molecule has 0 heterocycles. The van der Waals surface area contributed by atoms with Gasteiger partial charge in [-0.3, -0.25) is 15.4 Å². The van der Waals surface area contributed by atoms with Crippen molar-refractivity contribution in [3.63, 3.8) is 0 Å². The minimum Gasteiger partial charge on any atom is -0.478 e. The third kappa shape index (κ3) is 4.00. The number of nitrogens with zero attached hydrogens (tertiary/aromatic N) is 2. The lowest BCUT2D eigenvalue weighted by Gasteiger charge is -2.07. The van der Waals surface area contributed by atoms with Crippen molar-refractivity contribution in [2.75, 3.05) is 5.43 Å². The molecule has 1 aromatic carbocycles. The summed E-state index contributed by atoms with van der Waals surface area (Å²) < 4.78 is 30.8. The number of nitriles is 1. The van der Waals surface area contributed by atoms with Gasteiger partial charge in [-0.15, -0.1) is 0 Å². The monoisotopic (exact) mass is 311 g/mol. The normalized spacial score (nSPS) is 11.5. The number of carboxylic acid groups (broad SMARTS) is 1. The van der Waals surface area contributed by atoms with Crippen LogP contribution < -0.4 is 11.2 Å². The van der Waals surface area contributed by atoms with Gasteiger partial charge in [0.05, 0.1) is 16.1 Å². The van der Waals surface area contributed by atoms with Crippen LogP contribution in [0.5, 0.6) is 0 Å². The first kappa shape index (κ1) is 16.1. The molecule has 1 aromatic rings. The van der Waals surface area contributed by atoms with Crippen molar-refractivity contribution in [3.05, 3.63) is 23.8 Å². The zero-order valence-corrected chi connectivity index (χ0v) is 11.0. The van der Waals surface area contributed by atoms with Crippen LogP contribution in [0.2, 0.25) is 0 Å². The van der Waals surface area contributed by atoms with E-state index in [-0.39, 0.29) is 5.69 Å². The molecule has 0 radical (unpaired) electrons. The van der Waals surface area contributed by atoms with Crippen LogP contribution in [0.1, 0.15) is 10.4 Å². The van der Waals surface area contributed by atoms with Crippen LogP contribution in [0.4, 0.5) is 5.69 Å². The number of carbonyl (C=O) groups is 1. The number of hydrogen-bond donors (Lipinski definition) is 5. The highest BCUT2D eigenvalue weighted by Crippen LogP contribution is 2.20. The fraction of sp³-hybridized carbons (Fsp3) is 0. The first-order chi connectivity index (χ1) is 9.66. The minimum atomic E-state index is -4.56. The first-order valence-electron chi connectivity index (χ1n) is 5.10. The maximum absolute atomic E-state index is 11.1. The Morgan fingerprint density at radius 3 is 2.52 bits per heavy atom. The number of rotatable bonds is 5. The SMILES string of the molecule is N#C/C(=N\Nc1ccc(S(=O)(=O)O)cc1C(=O)O)C(=N)N. The highest BCUT2D eigenvalue weighted by atomic mass is 32.2. The van der Waals surface area contributed by atoms with E-state index in [1.54, 1.807) is 0 Å². The molecule has 0 unspecified atom stereocenters. The molecule has 0 saturated carbocycles. The molecule has 0 amide bonds. The van der Waals surface area contributed by atoms with Crippen LogP contribution in [-0.4, -0.2) is 35.6 Å². The van der Waals surface area contributed by atoms with E-state index >= 15 is 0 Å². The Morgan fingerprint density at radius 1 is 1.48 bits per heavy atom. The van der Waals surface area contributed by atoms with Crippen molar-refractivity contribution in [1.29, 1.82) is 10.7 Å². The largest absolute Gasteiger partial charge is 0.478 e. The topological polar surface area (TPSA) is 190 Å². The molecule has 11 heteroatoms. The number of anilines is 1. The first-order valence-corrected chi connectivity index (χ1v) is 6.54. The molecule has 0 atom stereocenters. The van der Waals surface area contributed by atoms with E-state index in [1.807, 2.05) is 0 Å². The summed E-state index contributed by atoms with van der Waals surface area (Å²) in [4.78, 5) is 10.4. The molecule has 0 aliphatic rings. The molecule has 0 spiro atoms. The second kappa shape index (κ2) is 5.99. The number of carboxylic acids is 1. The summed E-state index contributed by atoms with van der Waals surface area (Å²) >= 11 is 0. The quantitative estimate of drug-likeness (QED) is 0.215. The number of hydrogen-bond acceptors (Lipinski definition) is 7. The highest BCUT2D eigenvalue weighted by Gasteiger charge is 2.17. The van der Waals surface area contributed by atoms with E-state index in [9.17, 15) is 13.2 Å². The van der Waals surface area contributed by atoms with Gasteiger partial charge in [-0.05, 0) is 18.2 Å². The number of benzene rings is 1. The Balaban J connectivity index is 3.30. The zero-order valence-electron chi connectivity index (χ0n) is 10.2. The molecule has 0 saturated heterocycles. The lowest BCUT2D eigenvalue weighted by atomic mass is 10.2. The van der Waals surface area contributed by atoms with Gasteiger partial charge in [-0.2, -0.15) is 18.8 Å². The van der Waals surface area contributed by atoms with Gasteiger partial charge < -0.3 is 10.8 Å². The molecule has 0 aliphatic heterocycles. The predicted octanol–water partition coefficient (Wildman–Crippen LogP) is -0.141. The molecule has 110 valence electrons. The van der Waals surface area contributed by atoms with Gasteiger partial charge in [0.15, 0.2) is 5.84 Å². The van der Waals surface area contributed by atoms with Crippen LogP contribution in [0.25, 0.3) is 0 Å². The predicted molar refractivity (Wildman–Crippen MR) is 71.8 cm³/mol. The fourth-order valence-corrected chi connectivity index (χ4v) is 1.73. The summed E-state index contributed by atoms with van der Waals surface area (Å²) in [6.45, 7) is 0. The van der Waals surface area contributed by atoms with Gasteiger partial charge in [-0.25, -0.2) is 4.79 Å². The number of aromatic carboxylic acids is 1. The average Bonchev–Trinajstić information content (AvgIpc) is 2.37. The average molecular weight is 311 g/mol. The Morgan fingerprint density at radius 2 is 2.10 bits per heavy atom. The maximum Gasteiger partial charge on any atom is 0.337 e. The van der Waals surface area contributed by atoms with E-state index < -0.39 is 38.1 Å². The molecule has 21 heavy (non-hydrogen) atoms. The number of hydrazone groups is 1. The Labute approximate surface area is 118 Å². The molecule has 0 bridgehead atoms. The molecule has 0 fully saturated rings. The van der Waals surface area contributed by atoms with E-state index in [2.05, 4.69) is 10.5 Å². The molecule has 0 aliphatic carbocycles. The van der Waals surface area contributed by atoms with Crippen molar-refractivity contribution < 1.29 is 22.9 Å². The Bertz CT molecular complexity index is 778. The fourth-order valence-electron chi connectivity index (χ4n) is 1.22. The van der Waals surface area contributed by atoms with E-state index in [1.165, 1.54) is 6.07 Å². The Hall–Kier alpha value is -2.97. The summed E-state index contributed by atoms with van der Waals surface area (Å²) in [5.74, 6) is -2.11. The lowest BCUT2D eigenvalue weighted by Crippen LogP contribution is -2.22. The highest BCUT2D eigenvalue weighted by molar-refractivity contribution is 7.85. The number of nitrogens with one attached hydrogen (secondary N) is 2. The van der Waals surface area contributed by atoms with E-state index in [0.717, 1.165) is 18.2 Å². The van der Waals surface area contributed by atoms with Crippen molar-refractivity contribution in [2.45, 2.75) is 4.90 Å². The number of nitrogens with two attached hydrogens (primary N) is 1. The summed E-state index contributed by atoms with van der Waals surface area (Å²) in [5.41, 5.74) is 6.11. The van der Waals surface area contributed by atoms with Crippen LogP contribution in [0.15, 0.2) is 28.2 Å². The van der Waals surface area contributed by atoms with Crippen LogP contribution in [-0.2, 0) is 10.1 Å². The van der Waals surface area contributed by atoms with Gasteiger partial charge in [0, 0.05) is 0 Å². The summed E-state index contributed by atoms with van der Waals surface area (Å²) in [7, 11) is -4.56. The smallest absolute Gasteiger partial charge is 0.337 e. The summed E-state index contributed by atoms with van der Waals surface area (Å²) in [5, 5.41) is 28.1. The molecular weight excluding hydrogens is 302 g/mol. The molecule has 6 N–H and O–H groups in total. The van der Waals surface area contributed by atoms with E-state index in [4.69, 9.17) is 26.1 Å². The third-order valence-corrected chi connectivity index (χ3v) is 3.02. The molecule has 1 rings (SSSR count). The zero-order chi connectivity index (χ0) is 16.2. The summed E-state index contributed by atoms with van der Waals surface area (Å²) in [6.07, 6.45) is 0. The van der Waals surface area contributed by atoms with Crippen LogP contribution >= 0.6 is 0 Å². The molecule has 10 nitrogen and oxygen atoms in total. The van der Waals surface area contributed by atoms with Gasteiger partial charge in [0.2, 0.25) is 5.71 Å². The van der Waals surface area contributed by atoms with Gasteiger partial charge >= 0.3 is 5.97 Å². The lowest BCUT2D eigenvalue weighted by molar-refractivity contribution is 0.0697. The van der Waals surface area contributed by atoms with Crippen molar-refractivity contribution in [3.8, 4) is 6.07 Å². The molecular formula is C10H9N5O5S. The standard InChI is InChI=1S/C10H9N5O5S/c11-4-8(9(12)13)15-14-7-2-1-5(21(18,19)20)3-6(7)10(16)17/h1-3,14H,(H3,12,13)(H,16,17)(H,18,19,20)/b15-8+. The second-order valence-corrected chi connectivity index (χ2v) is 5.01. The van der Waals surface area contributed by atoms with Crippen molar-refractivity contribution in [2.24, 2.45) is 10.8 Å². The summed E-state index contributed by atoms with van der Waals surface area (Å²) in [6, 6.07) is 4.21. The number of amidine groups is 1. The van der Waals surface area contributed by atoms with Crippen LogP contribution in [0.3, 0.4) is 0 Å². The maximum atomic E-state index is 11.1. The second-order valence-electron chi connectivity index (χ2n) is 3.59. The van der Waals surface area contributed by atoms with Crippen LogP contribution in [0, 0.1) is 16.7 Å². The van der Waals surface area contributed by atoms with Crippen molar-refractivity contribution in [1.82, 2.24) is 0 Å². The molecule has 0 aromatic heterocycles. The van der Waals surface area contributed by atoms with Crippen molar-refractivity contribution >= 4 is 33.3 Å². The van der Waals surface area contributed by atoms with Gasteiger partial charge in [0.1, 0.15) is 6.07 Å². The van der Waals surface area contributed by atoms with E-state index in [0.29, 0.717) is 0 Å². The van der Waals surface area contributed by atoms with Gasteiger partial charge in [0.25, 0.3) is 10.1 Å². The Kier molecular flexibility index (Phi) is 4.59. The minimum absolute atomic E-state index is 0.149.